The predicted molar refractivity (Wildman–Crippen MR) is 81.6 cm³/mol. The van der Waals surface area contributed by atoms with Crippen LogP contribution in [0.5, 0.6) is 0 Å². The number of carbonyl (C=O) groups excluding carboxylic acids is 1. The molecule has 1 aliphatic heterocycles. The van der Waals surface area contributed by atoms with E-state index in [1.165, 1.54) is 0 Å². The van der Waals surface area contributed by atoms with Crippen LogP contribution >= 0.6 is 0 Å². The zero-order valence-corrected chi connectivity index (χ0v) is 13.1. The first kappa shape index (κ1) is 15.6. The molecule has 0 spiro atoms. The Balaban J connectivity index is 1.63. The van der Waals surface area contributed by atoms with Crippen molar-refractivity contribution in [1.29, 1.82) is 0 Å². The van der Waals surface area contributed by atoms with Gasteiger partial charge in [0.15, 0.2) is 5.82 Å². The Kier molecular flexibility index (Phi) is 4.38. The molecule has 2 heterocycles. The SMILES string of the molecule is Cc1cc(C(=O)NCc2nc(C3CCOC3)n[nH]2)cc(C)c1F. The van der Waals surface area contributed by atoms with Crippen LogP contribution in [-0.2, 0) is 11.3 Å². The number of hydrogen-bond donors (Lipinski definition) is 2. The van der Waals surface area contributed by atoms with Crippen molar-refractivity contribution >= 4 is 5.91 Å². The zero-order valence-electron chi connectivity index (χ0n) is 13.1. The number of nitrogens with zero attached hydrogens (tertiary/aromatic N) is 2. The van der Waals surface area contributed by atoms with E-state index in [9.17, 15) is 9.18 Å². The van der Waals surface area contributed by atoms with Crippen LogP contribution < -0.4 is 5.32 Å². The number of carbonyl (C=O) groups is 1. The van der Waals surface area contributed by atoms with Crippen LogP contribution in [0.3, 0.4) is 0 Å². The van der Waals surface area contributed by atoms with E-state index in [0.29, 0.717) is 29.1 Å². The largest absolute Gasteiger partial charge is 0.381 e. The molecule has 1 amide bonds. The predicted octanol–water partition coefficient (Wildman–Crippen LogP) is 1.99. The molecule has 1 aliphatic rings. The second kappa shape index (κ2) is 6.45. The third kappa shape index (κ3) is 3.39. The Morgan fingerprint density at radius 1 is 1.43 bits per heavy atom. The van der Waals surface area contributed by atoms with E-state index < -0.39 is 0 Å². The highest BCUT2D eigenvalue weighted by molar-refractivity contribution is 5.94. The second-order valence-electron chi connectivity index (χ2n) is 5.81. The molecule has 7 heteroatoms. The first-order chi connectivity index (χ1) is 11.0. The Morgan fingerprint density at radius 2 is 2.17 bits per heavy atom. The van der Waals surface area contributed by atoms with Crippen LogP contribution in [-0.4, -0.2) is 34.3 Å². The van der Waals surface area contributed by atoms with E-state index in [0.717, 1.165) is 18.9 Å². The van der Waals surface area contributed by atoms with Gasteiger partial charge in [0.1, 0.15) is 11.6 Å². The molecular formula is C16H19FN4O2. The average molecular weight is 318 g/mol. The Bertz CT molecular complexity index is 700. The highest BCUT2D eigenvalue weighted by Crippen LogP contribution is 2.21. The van der Waals surface area contributed by atoms with Gasteiger partial charge in [0.2, 0.25) is 0 Å². The molecule has 3 rings (SSSR count). The molecule has 0 bridgehead atoms. The lowest BCUT2D eigenvalue weighted by atomic mass is 10.1. The fourth-order valence-corrected chi connectivity index (χ4v) is 2.65. The maximum Gasteiger partial charge on any atom is 0.251 e. The maximum atomic E-state index is 13.6. The average Bonchev–Trinajstić information content (AvgIpc) is 3.20. The molecule has 1 aromatic heterocycles. The van der Waals surface area contributed by atoms with Gasteiger partial charge in [-0.05, 0) is 43.5 Å². The number of benzene rings is 1. The third-order valence-corrected chi connectivity index (χ3v) is 3.96. The highest BCUT2D eigenvalue weighted by atomic mass is 19.1. The van der Waals surface area contributed by atoms with Crippen molar-refractivity contribution in [2.75, 3.05) is 13.2 Å². The summed E-state index contributed by atoms with van der Waals surface area (Å²) >= 11 is 0. The third-order valence-electron chi connectivity index (χ3n) is 3.96. The number of hydrogen-bond acceptors (Lipinski definition) is 4. The Morgan fingerprint density at radius 3 is 2.83 bits per heavy atom. The van der Waals surface area contributed by atoms with Crippen LogP contribution in [0.2, 0.25) is 0 Å². The van der Waals surface area contributed by atoms with Crippen LogP contribution in [0.1, 0.15) is 45.5 Å². The number of aromatic amines is 1. The standard InChI is InChI=1S/C16H19FN4O2/c1-9-5-12(6-10(2)14(9)17)16(22)18-7-13-19-15(21-20-13)11-3-4-23-8-11/h5-6,11H,3-4,7-8H2,1-2H3,(H,18,22)(H,19,20,21). The number of halogens is 1. The fraction of sp³-hybridized carbons (Fsp3) is 0.438. The van der Waals surface area contributed by atoms with Crippen LogP contribution in [0.15, 0.2) is 12.1 Å². The minimum atomic E-state index is -0.278. The monoisotopic (exact) mass is 318 g/mol. The van der Waals surface area contributed by atoms with Gasteiger partial charge in [-0.2, -0.15) is 5.10 Å². The molecule has 2 N–H and O–H groups in total. The summed E-state index contributed by atoms with van der Waals surface area (Å²) < 4.78 is 18.9. The van der Waals surface area contributed by atoms with Gasteiger partial charge >= 0.3 is 0 Å². The summed E-state index contributed by atoms with van der Waals surface area (Å²) in [5, 5.41) is 9.77. The maximum absolute atomic E-state index is 13.6. The van der Waals surface area contributed by atoms with Gasteiger partial charge in [-0.15, -0.1) is 0 Å². The molecule has 2 aromatic rings. The molecular weight excluding hydrogens is 299 g/mol. The van der Waals surface area contributed by atoms with E-state index in [-0.39, 0.29) is 24.2 Å². The molecule has 0 saturated carbocycles. The van der Waals surface area contributed by atoms with E-state index in [1.54, 1.807) is 26.0 Å². The minimum absolute atomic E-state index is 0.220. The first-order valence-electron chi connectivity index (χ1n) is 7.58. The molecule has 0 radical (unpaired) electrons. The molecule has 1 saturated heterocycles. The Hall–Kier alpha value is -2.28. The number of ether oxygens (including phenoxy) is 1. The summed E-state index contributed by atoms with van der Waals surface area (Å²) in [4.78, 5) is 16.6. The van der Waals surface area contributed by atoms with Gasteiger partial charge in [0.05, 0.1) is 13.2 Å². The smallest absolute Gasteiger partial charge is 0.251 e. The van der Waals surface area contributed by atoms with E-state index >= 15 is 0 Å². The van der Waals surface area contributed by atoms with Gasteiger partial charge in [-0.1, -0.05) is 0 Å². The number of nitrogens with one attached hydrogen (secondary N) is 2. The lowest BCUT2D eigenvalue weighted by Crippen LogP contribution is -2.23. The molecule has 0 aliphatic carbocycles. The molecule has 6 nitrogen and oxygen atoms in total. The lowest BCUT2D eigenvalue weighted by molar-refractivity contribution is 0.0949. The van der Waals surface area contributed by atoms with Crippen LogP contribution in [0.25, 0.3) is 0 Å². The number of H-pyrrole nitrogens is 1. The van der Waals surface area contributed by atoms with Crippen LogP contribution in [0.4, 0.5) is 4.39 Å². The highest BCUT2D eigenvalue weighted by Gasteiger charge is 2.22. The van der Waals surface area contributed by atoms with Gasteiger partial charge in [-0.25, -0.2) is 9.37 Å². The molecule has 1 atom stereocenters. The molecule has 23 heavy (non-hydrogen) atoms. The second-order valence-corrected chi connectivity index (χ2v) is 5.81. The first-order valence-corrected chi connectivity index (χ1v) is 7.58. The molecule has 1 unspecified atom stereocenters. The van der Waals surface area contributed by atoms with Crippen molar-refractivity contribution in [3.8, 4) is 0 Å². The fourth-order valence-electron chi connectivity index (χ4n) is 2.65. The number of amides is 1. The van der Waals surface area contributed by atoms with Crippen LogP contribution in [0, 0.1) is 19.7 Å². The summed E-state index contributed by atoms with van der Waals surface area (Å²) in [6.07, 6.45) is 0.914. The van der Waals surface area contributed by atoms with E-state index in [4.69, 9.17) is 4.74 Å². The summed E-state index contributed by atoms with van der Waals surface area (Å²) in [5.74, 6) is 0.993. The minimum Gasteiger partial charge on any atom is -0.381 e. The van der Waals surface area contributed by atoms with Gasteiger partial charge in [-0.3, -0.25) is 9.89 Å². The van der Waals surface area contributed by atoms with E-state index in [1.807, 2.05) is 0 Å². The number of rotatable bonds is 4. The summed E-state index contributed by atoms with van der Waals surface area (Å²) in [7, 11) is 0. The van der Waals surface area contributed by atoms with E-state index in [2.05, 4.69) is 20.5 Å². The summed E-state index contributed by atoms with van der Waals surface area (Å²) in [6.45, 7) is 4.90. The zero-order chi connectivity index (χ0) is 16.4. The quantitative estimate of drug-likeness (QED) is 0.903. The molecule has 1 aromatic carbocycles. The summed E-state index contributed by atoms with van der Waals surface area (Å²) in [6, 6.07) is 3.08. The molecule has 1 fully saturated rings. The van der Waals surface area contributed by atoms with Gasteiger partial charge < -0.3 is 10.1 Å². The van der Waals surface area contributed by atoms with Crippen molar-refractivity contribution in [3.05, 3.63) is 46.3 Å². The van der Waals surface area contributed by atoms with Gasteiger partial charge in [0.25, 0.3) is 5.91 Å². The lowest BCUT2D eigenvalue weighted by Gasteiger charge is -2.07. The number of aromatic nitrogens is 3. The topological polar surface area (TPSA) is 79.9 Å². The van der Waals surface area contributed by atoms with Gasteiger partial charge in [0, 0.05) is 18.1 Å². The van der Waals surface area contributed by atoms with Crippen molar-refractivity contribution in [2.45, 2.75) is 32.7 Å². The Labute approximate surface area is 133 Å². The number of aryl methyl sites for hydroxylation is 2. The van der Waals surface area contributed by atoms with Crippen molar-refractivity contribution < 1.29 is 13.9 Å². The normalized spacial score (nSPS) is 17.4. The summed E-state index contributed by atoms with van der Waals surface area (Å²) in [5.41, 5.74) is 1.35. The van der Waals surface area contributed by atoms with Crippen molar-refractivity contribution in [3.63, 3.8) is 0 Å². The van der Waals surface area contributed by atoms with Crippen molar-refractivity contribution in [2.24, 2.45) is 0 Å². The molecule has 122 valence electrons. The van der Waals surface area contributed by atoms with Crippen molar-refractivity contribution in [1.82, 2.24) is 20.5 Å².